The van der Waals surface area contributed by atoms with E-state index in [9.17, 15) is 0 Å². The van der Waals surface area contributed by atoms with Crippen molar-refractivity contribution in [3.8, 4) is 0 Å². The summed E-state index contributed by atoms with van der Waals surface area (Å²) in [6.07, 6.45) is 1.05. The van der Waals surface area contributed by atoms with E-state index in [4.69, 9.17) is 6.72 Å². The summed E-state index contributed by atoms with van der Waals surface area (Å²) in [5.41, 5.74) is 0. The van der Waals surface area contributed by atoms with E-state index in [1.165, 1.54) is 0 Å². The van der Waals surface area contributed by atoms with Crippen LogP contribution in [0.3, 0.4) is 0 Å². The Labute approximate surface area is 32.7 Å². The predicted molar refractivity (Wildman–Crippen MR) is 23.6 cm³/mol. The first kappa shape index (κ1) is 4.67. The molecule has 0 aliphatic heterocycles. The summed E-state index contributed by atoms with van der Waals surface area (Å²) in [5.74, 6) is 0. The molecule has 5 heavy (non-hydrogen) atoms. The molecule has 0 N–H and O–H groups in total. The second kappa shape index (κ2) is 3.67. The molecule has 1 radical (unpaired) electrons. The maximum absolute atomic E-state index is 4.76. The molecule has 0 heterocycles. The fourth-order valence-corrected chi connectivity index (χ4v) is 0.129. The molecule has 0 aliphatic carbocycles. The Bertz CT molecular complexity index is 24.8. The van der Waals surface area contributed by atoms with Gasteiger partial charge in [-0.2, -0.15) is 0 Å². The Kier molecular flexibility index (Phi) is 3.43. The fourth-order valence-electron chi connectivity index (χ4n) is 0.129. The van der Waals surface area contributed by atoms with Gasteiger partial charge in [-0.05, 0) is 6.42 Å². The van der Waals surface area contributed by atoms with Gasteiger partial charge in [-0.25, -0.2) is 0 Å². The van der Waals surface area contributed by atoms with Gasteiger partial charge in [0.2, 0.25) is 0 Å². The van der Waals surface area contributed by atoms with Crippen molar-refractivity contribution in [3.63, 3.8) is 0 Å². The fraction of sp³-hybridized carbons (Fsp3) is 0.750. The molecule has 0 fully saturated rings. The Morgan fingerprint density at radius 1 is 1.80 bits per heavy atom. The highest BCUT2D eigenvalue weighted by Crippen LogP contribution is 1.70. The summed E-state index contributed by atoms with van der Waals surface area (Å²) in [6.45, 7) is 7.59. The minimum atomic E-state index is 0.792. The standard InChI is InChI=1S/C4H8N/c1-3-4-5-2/h2H,3-4H2,1H3. The van der Waals surface area contributed by atoms with Crippen LogP contribution in [0.4, 0.5) is 0 Å². The first-order chi connectivity index (χ1) is 2.41. The highest BCUT2D eigenvalue weighted by atomic mass is 14.7. The van der Waals surface area contributed by atoms with Gasteiger partial charge in [0.25, 0.3) is 0 Å². The number of rotatable bonds is 2. The molecule has 0 saturated heterocycles. The Morgan fingerprint density at radius 3 is 2.40 bits per heavy atom. The summed E-state index contributed by atoms with van der Waals surface area (Å²) in [7, 11) is 0. The summed E-state index contributed by atoms with van der Waals surface area (Å²) in [4.78, 5) is 3.35. The van der Waals surface area contributed by atoms with Crippen LogP contribution in [-0.2, 0) is 0 Å². The van der Waals surface area contributed by atoms with E-state index >= 15 is 0 Å². The van der Waals surface area contributed by atoms with Gasteiger partial charge in [-0.1, -0.05) is 6.92 Å². The molecule has 0 amide bonds. The molecular formula is C4H8N. The zero-order valence-electron chi connectivity index (χ0n) is 3.44. The predicted octanol–water partition coefficient (Wildman–Crippen LogP) is 0.974. The van der Waals surface area contributed by atoms with Crippen LogP contribution in [-0.4, -0.2) is 13.3 Å². The summed E-state index contributed by atoms with van der Waals surface area (Å²) >= 11 is 0. The second-order valence-electron chi connectivity index (χ2n) is 0.906. The van der Waals surface area contributed by atoms with E-state index in [0.717, 1.165) is 13.0 Å². The van der Waals surface area contributed by atoms with E-state index in [0.29, 0.717) is 0 Å². The van der Waals surface area contributed by atoms with Crippen LogP contribution in [0.15, 0.2) is 4.99 Å². The SMILES string of the molecule is [CH]=NCCC. The molecule has 0 spiro atoms. The van der Waals surface area contributed by atoms with Crippen molar-refractivity contribution in [1.29, 1.82) is 0 Å². The van der Waals surface area contributed by atoms with Gasteiger partial charge >= 0.3 is 0 Å². The van der Waals surface area contributed by atoms with E-state index in [1.807, 2.05) is 6.92 Å². The van der Waals surface area contributed by atoms with Gasteiger partial charge in [-0.15, -0.1) is 0 Å². The first-order valence-electron chi connectivity index (χ1n) is 1.78. The number of hydrogen-bond acceptors (Lipinski definition) is 1. The molecule has 0 atom stereocenters. The van der Waals surface area contributed by atoms with E-state index in [-0.39, 0.29) is 0 Å². The number of aliphatic imine (C=N–C) groups is 1. The van der Waals surface area contributed by atoms with E-state index in [1.54, 1.807) is 0 Å². The molecule has 0 bridgehead atoms. The minimum Gasteiger partial charge on any atom is -0.292 e. The zero-order chi connectivity index (χ0) is 4.12. The first-order valence-corrected chi connectivity index (χ1v) is 1.78. The monoisotopic (exact) mass is 70.1 g/mol. The molecule has 0 saturated carbocycles. The number of nitrogens with zero attached hydrogens (tertiary/aromatic N) is 1. The van der Waals surface area contributed by atoms with Crippen molar-refractivity contribution in [3.05, 3.63) is 0 Å². The van der Waals surface area contributed by atoms with Gasteiger partial charge in [-0.3, -0.25) is 4.99 Å². The lowest BCUT2D eigenvalue weighted by molar-refractivity contribution is 0.940. The summed E-state index contributed by atoms with van der Waals surface area (Å²) in [5, 5.41) is 0. The van der Waals surface area contributed by atoms with Crippen LogP contribution in [0.5, 0.6) is 0 Å². The molecule has 1 nitrogen and oxygen atoms in total. The van der Waals surface area contributed by atoms with E-state index in [2.05, 4.69) is 4.99 Å². The van der Waals surface area contributed by atoms with Crippen LogP contribution >= 0.6 is 0 Å². The van der Waals surface area contributed by atoms with Gasteiger partial charge in [0.15, 0.2) is 0 Å². The van der Waals surface area contributed by atoms with Gasteiger partial charge in [0, 0.05) is 13.3 Å². The highest BCUT2D eigenvalue weighted by Gasteiger charge is 1.62. The molecule has 0 rings (SSSR count). The molecule has 0 aliphatic rings. The summed E-state index contributed by atoms with van der Waals surface area (Å²) in [6, 6.07) is 0. The molecular weight excluding hydrogens is 62.1 g/mol. The smallest absolute Gasteiger partial charge is 0.0390 e. The lowest BCUT2D eigenvalue weighted by atomic mass is 10.5. The van der Waals surface area contributed by atoms with Crippen molar-refractivity contribution in [2.75, 3.05) is 6.54 Å². The topological polar surface area (TPSA) is 12.4 Å². The second-order valence-corrected chi connectivity index (χ2v) is 0.906. The highest BCUT2D eigenvalue weighted by molar-refractivity contribution is 5.22. The van der Waals surface area contributed by atoms with E-state index < -0.39 is 0 Å². The molecule has 0 aromatic carbocycles. The third kappa shape index (κ3) is 3.67. The van der Waals surface area contributed by atoms with Crippen molar-refractivity contribution in [2.24, 2.45) is 4.99 Å². The zero-order valence-corrected chi connectivity index (χ0v) is 3.44. The summed E-state index contributed by atoms with van der Waals surface area (Å²) < 4.78 is 0. The molecule has 29 valence electrons. The lowest BCUT2D eigenvalue weighted by Gasteiger charge is -1.73. The van der Waals surface area contributed by atoms with Crippen LogP contribution in [0.1, 0.15) is 13.3 Å². The van der Waals surface area contributed by atoms with Crippen LogP contribution < -0.4 is 0 Å². The third-order valence-electron chi connectivity index (χ3n) is 0.353. The van der Waals surface area contributed by atoms with Gasteiger partial charge in [0.1, 0.15) is 0 Å². The van der Waals surface area contributed by atoms with Crippen molar-refractivity contribution < 1.29 is 0 Å². The Morgan fingerprint density at radius 2 is 2.40 bits per heavy atom. The molecule has 0 aromatic heterocycles. The molecule has 1 heteroatoms. The molecule has 0 aromatic rings. The van der Waals surface area contributed by atoms with Crippen molar-refractivity contribution in [2.45, 2.75) is 13.3 Å². The van der Waals surface area contributed by atoms with Crippen LogP contribution in [0.25, 0.3) is 0 Å². The number of hydrogen-bond donors (Lipinski definition) is 0. The largest absolute Gasteiger partial charge is 0.292 e. The quantitative estimate of drug-likeness (QED) is 0.429. The van der Waals surface area contributed by atoms with Crippen LogP contribution in [0, 0.1) is 0 Å². The molecule has 0 unspecified atom stereocenters. The third-order valence-corrected chi connectivity index (χ3v) is 0.353. The van der Waals surface area contributed by atoms with Crippen molar-refractivity contribution >= 4 is 6.72 Å². The average molecular weight is 70.1 g/mol. The van der Waals surface area contributed by atoms with Gasteiger partial charge in [0.05, 0.1) is 0 Å². The average Bonchev–Trinajstić information content (AvgIpc) is 1.41. The lowest BCUT2D eigenvalue weighted by Crippen LogP contribution is -1.67. The Hall–Kier alpha value is -0.330. The van der Waals surface area contributed by atoms with Crippen LogP contribution in [0.2, 0.25) is 0 Å². The maximum atomic E-state index is 4.76. The van der Waals surface area contributed by atoms with Crippen molar-refractivity contribution in [1.82, 2.24) is 0 Å². The van der Waals surface area contributed by atoms with Gasteiger partial charge < -0.3 is 0 Å². The maximum Gasteiger partial charge on any atom is 0.0390 e. The minimum absolute atomic E-state index is 0.792. The Balaban J connectivity index is 2.40. The normalized spacial score (nSPS) is 7.40.